The van der Waals surface area contributed by atoms with Gasteiger partial charge in [-0.15, -0.1) is 0 Å². The van der Waals surface area contributed by atoms with E-state index in [0.717, 1.165) is 17.7 Å². The molecule has 0 atom stereocenters. The first-order chi connectivity index (χ1) is 16.9. The Morgan fingerprint density at radius 1 is 0.857 bits per heavy atom. The first-order valence-electron chi connectivity index (χ1n) is 10.5. The molecule has 0 aliphatic rings. The van der Waals surface area contributed by atoms with Gasteiger partial charge in [-0.25, -0.2) is 8.78 Å². The lowest BCUT2D eigenvalue weighted by molar-refractivity contribution is -0.108. The molecule has 3 N–H and O–H groups in total. The number of amides is 2. The van der Waals surface area contributed by atoms with Crippen molar-refractivity contribution < 1.29 is 33.2 Å². The van der Waals surface area contributed by atoms with Gasteiger partial charge < -0.3 is 25.1 Å². The molecule has 176 valence electrons. The molecule has 0 saturated carbocycles. The van der Waals surface area contributed by atoms with E-state index in [1.165, 1.54) is 29.2 Å². The SMILES string of the molecule is O=CCN(Cc1ccc(CNC(=O)c2ccc(F)c([B]O)c2)cc1)C(=O)c1ccc(F)c([B]O)c1. The first-order valence-corrected chi connectivity index (χ1v) is 10.5. The molecule has 0 spiro atoms. The van der Waals surface area contributed by atoms with Crippen LogP contribution in [0.25, 0.3) is 0 Å². The molecule has 0 aliphatic carbocycles. The summed E-state index contributed by atoms with van der Waals surface area (Å²) in [6, 6.07) is 14.1. The molecule has 0 heterocycles. The Morgan fingerprint density at radius 3 is 1.97 bits per heavy atom. The summed E-state index contributed by atoms with van der Waals surface area (Å²) in [7, 11) is 1.15. The lowest BCUT2D eigenvalue weighted by atomic mass is 9.87. The van der Waals surface area contributed by atoms with Gasteiger partial charge in [0.05, 0.1) is 6.54 Å². The molecule has 2 amide bonds. The Kier molecular flexibility index (Phi) is 8.88. The Labute approximate surface area is 201 Å². The van der Waals surface area contributed by atoms with Gasteiger partial charge in [0.25, 0.3) is 11.8 Å². The second-order valence-electron chi connectivity index (χ2n) is 7.58. The zero-order valence-corrected chi connectivity index (χ0v) is 18.4. The summed E-state index contributed by atoms with van der Waals surface area (Å²) in [6.45, 7) is 0.106. The molecule has 0 unspecified atom stereocenters. The van der Waals surface area contributed by atoms with Crippen molar-refractivity contribution in [3.05, 3.63) is 94.6 Å². The van der Waals surface area contributed by atoms with E-state index in [1.807, 2.05) is 0 Å². The van der Waals surface area contributed by atoms with Crippen LogP contribution in [0.15, 0.2) is 60.7 Å². The molecular weight excluding hydrogens is 456 g/mol. The fourth-order valence-corrected chi connectivity index (χ4v) is 3.32. The van der Waals surface area contributed by atoms with Gasteiger partial charge in [0.1, 0.15) is 17.9 Å². The van der Waals surface area contributed by atoms with E-state index in [9.17, 15) is 23.2 Å². The topological polar surface area (TPSA) is 107 Å². The van der Waals surface area contributed by atoms with Crippen molar-refractivity contribution in [2.45, 2.75) is 13.1 Å². The molecule has 3 rings (SSSR count). The van der Waals surface area contributed by atoms with Crippen molar-refractivity contribution in [1.82, 2.24) is 10.2 Å². The normalized spacial score (nSPS) is 10.4. The number of halogens is 2. The highest BCUT2D eigenvalue weighted by Crippen LogP contribution is 2.12. The van der Waals surface area contributed by atoms with Crippen LogP contribution >= 0.6 is 0 Å². The van der Waals surface area contributed by atoms with Crippen LogP contribution in [0.1, 0.15) is 31.8 Å². The Hall–Kier alpha value is -3.82. The predicted octanol–water partition coefficient (Wildman–Crippen LogP) is 0.210. The third-order valence-electron chi connectivity index (χ3n) is 5.21. The Bertz CT molecular complexity index is 1230. The van der Waals surface area contributed by atoms with Crippen LogP contribution in [0.2, 0.25) is 0 Å². The van der Waals surface area contributed by atoms with Gasteiger partial charge >= 0.3 is 15.0 Å². The third kappa shape index (κ3) is 6.62. The second-order valence-corrected chi connectivity index (χ2v) is 7.58. The smallest absolute Gasteiger partial charge is 0.329 e. The number of benzene rings is 3. The summed E-state index contributed by atoms with van der Waals surface area (Å²) in [6.07, 6.45) is 0.583. The molecule has 0 aromatic heterocycles. The van der Waals surface area contributed by atoms with Crippen molar-refractivity contribution in [2.75, 3.05) is 6.54 Å². The predicted molar refractivity (Wildman–Crippen MR) is 126 cm³/mol. The van der Waals surface area contributed by atoms with Crippen molar-refractivity contribution in [3.63, 3.8) is 0 Å². The minimum absolute atomic E-state index is 0.0946. The lowest BCUT2D eigenvalue weighted by Crippen LogP contribution is -2.33. The molecule has 3 aromatic carbocycles. The van der Waals surface area contributed by atoms with E-state index in [0.29, 0.717) is 26.8 Å². The van der Waals surface area contributed by atoms with E-state index < -0.39 is 23.4 Å². The van der Waals surface area contributed by atoms with Gasteiger partial charge in [0, 0.05) is 24.2 Å². The Balaban J connectivity index is 1.64. The van der Waals surface area contributed by atoms with E-state index in [4.69, 9.17) is 10.0 Å². The molecule has 0 saturated heterocycles. The zero-order valence-electron chi connectivity index (χ0n) is 18.4. The lowest BCUT2D eigenvalue weighted by Gasteiger charge is -2.21. The van der Waals surface area contributed by atoms with Crippen molar-refractivity contribution >= 4 is 44.0 Å². The molecule has 11 heteroatoms. The standard InChI is InChI=1S/C24H20B2F2N2O5/c27-21-7-5-17(11-19(21)25-34)23(32)29-13-15-1-3-16(4-2-15)14-30(9-10-31)24(33)18-6-8-22(28)20(12-18)26-35/h1-8,10-12,34-35H,9,13-14H2,(H,29,32). The summed E-state index contributed by atoms with van der Waals surface area (Å²) < 4.78 is 27.1. The number of carbonyl (C=O) groups excluding carboxylic acids is 3. The van der Waals surface area contributed by atoms with Crippen LogP contribution in [-0.4, -0.2) is 54.6 Å². The fraction of sp³-hybridized carbons (Fsp3) is 0.125. The minimum Gasteiger partial charge on any atom is -0.450 e. The van der Waals surface area contributed by atoms with Crippen LogP contribution in [0, 0.1) is 11.6 Å². The monoisotopic (exact) mass is 476 g/mol. The van der Waals surface area contributed by atoms with Crippen LogP contribution in [0.3, 0.4) is 0 Å². The van der Waals surface area contributed by atoms with E-state index in [-0.39, 0.29) is 41.7 Å². The van der Waals surface area contributed by atoms with Gasteiger partial charge in [0.2, 0.25) is 0 Å². The van der Waals surface area contributed by atoms with E-state index >= 15 is 0 Å². The van der Waals surface area contributed by atoms with Gasteiger partial charge in [-0.1, -0.05) is 36.4 Å². The average Bonchev–Trinajstić information content (AvgIpc) is 2.88. The highest BCUT2D eigenvalue weighted by atomic mass is 19.1. The maximum atomic E-state index is 13.6. The summed E-state index contributed by atoms with van der Waals surface area (Å²) in [5.41, 5.74) is 1.55. The van der Waals surface area contributed by atoms with Crippen molar-refractivity contribution in [3.8, 4) is 0 Å². The van der Waals surface area contributed by atoms with Gasteiger partial charge in [-0.2, -0.15) is 0 Å². The zero-order chi connectivity index (χ0) is 25.4. The molecule has 0 fully saturated rings. The van der Waals surface area contributed by atoms with E-state index in [2.05, 4.69) is 5.32 Å². The number of rotatable bonds is 10. The maximum Gasteiger partial charge on any atom is 0.329 e. The number of nitrogens with zero attached hydrogens (tertiary/aromatic N) is 1. The van der Waals surface area contributed by atoms with Crippen LogP contribution in [-0.2, 0) is 17.9 Å². The summed E-state index contributed by atoms with van der Waals surface area (Å²) in [5.74, 6) is -2.28. The molecule has 7 nitrogen and oxygen atoms in total. The highest BCUT2D eigenvalue weighted by molar-refractivity contribution is 6.46. The third-order valence-corrected chi connectivity index (χ3v) is 5.21. The number of hydrogen-bond acceptors (Lipinski definition) is 5. The molecule has 0 bridgehead atoms. The van der Waals surface area contributed by atoms with Gasteiger partial charge in [0.15, 0.2) is 0 Å². The summed E-state index contributed by atoms with van der Waals surface area (Å²) in [4.78, 5) is 37.5. The molecule has 2 radical (unpaired) electrons. The quantitative estimate of drug-likeness (QED) is 0.287. The maximum absolute atomic E-state index is 13.6. The minimum atomic E-state index is -0.680. The molecule has 0 aliphatic heterocycles. The molecule has 3 aromatic rings. The summed E-state index contributed by atoms with van der Waals surface area (Å²) >= 11 is 0. The van der Waals surface area contributed by atoms with Crippen LogP contribution in [0.4, 0.5) is 8.78 Å². The molecule has 35 heavy (non-hydrogen) atoms. The largest absolute Gasteiger partial charge is 0.450 e. The second kappa shape index (κ2) is 12.0. The van der Waals surface area contributed by atoms with Crippen LogP contribution in [0.5, 0.6) is 0 Å². The van der Waals surface area contributed by atoms with E-state index in [1.54, 1.807) is 24.3 Å². The Morgan fingerprint density at radius 2 is 1.40 bits per heavy atom. The highest BCUT2D eigenvalue weighted by Gasteiger charge is 2.18. The van der Waals surface area contributed by atoms with Gasteiger partial charge in [-0.05, 0) is 46.3 Å². The van der Waals surface area contributed by atoms with Gasteiger partial charge in [-0.3, -0.25) is 9.59 Å². The fourth-order valence-electron chi connectivity index (χ4n) is 3.32. The summed E-state index contributed by atoms with van der Waals surface area (Å²) in [5, 5.41) is 20.8. The number of carbonyl (C=O) groups is 3. The number of nitrogens with one attached hydrogen (secondary N) is 1. The van der Waals surface area contributed by atoms with Crippen molar-refractivity contribution in [1.29, 1.82) is 0 Å². The van der Waals surface area contributed by atoms with Crippen LogP contribution < -0.4 is 16.2 Å². The molecular formula is C24H20B2F2N2O5. The number of aldehydes is 1. The average molecular weight is 476 g/mol. The number of hydrogen-bond donors (Lipinski definition) is 3. The van der Waals surface area contributed by atoms with Crippen molar-refractivity contribution in [2.24, 2.45) is 0 Å². The first kappa shape index (κ1) is 25.8.